The molecule has 12 heteroatoms. The highest BCUT2D eigenvalue weighted by atomic mass is 16.4. The largest absolute Gasteiger partial charge is 0.480 e. The quantitative estimate of drug-likeness (QED) is 0.0905. The van der Waals surface area contributed by atoms with E-state index in [-0.39, 0.29) is 24.2 Å². The van der Waals surface area contributed by atoms with Gasteiger partial charge in [-0.15, -0.1) is 0 Å². The predicted molar refractivity (Wildman–Crippen MR) is 141 cm³/mol. The average molecular weight is 520 g/mol. The van der Waals surface area contributed by atoms with Gasteiger partial charge < -0.3 is 38.3 Å². The Morgan fingerprint density at radius 3 is 1.95 bits per heavy atom. The van der Waals surface area contributed by atoms with Gasteiger partial charge in [0.05, 0.1) is 6.04 Å². The SMILES string of the molecule is CC(C)C(NC(=O)C(Cc1ccccc1)NC(=O)C(NC(=O)C(N)CCCN=C(N)N)C(C)C)C(=O)O. The van der Waals surface area contributed by atoms with Gasteiger partial charge in [-0.1, -0.05) is 58.0 Å². The zero-order valence-electron chi connectivity index (χ0n) is 21.9. The van der Waals surface area contributed by atoms with Gasteiger partial charge in [-0.3, -0.25) is 19.4 Å². The summed E-state index contributed by atoms with van der Waals surface area (Å²) in [6.07, 6.45) is 0.913. The third-order valence-corrected chi connectivity index (χ3v) is 5.70. The summed E-state index contributed by atoms with van der Waals surface area (Å²) in [5.41, 5.74) is 17.3. The van der Waals surface area contributed by atoms with E-state index < -0.39 is 47.9 Å². The van der Waals surface area contributed by atoms with Crippen molar-refractivity contribution in [3.63, 3.8) is 0 Å². The van der Waals surface area contributed by atoms with E-state index in [2.05, 4.69) is 20.9 Å². The molecule has 0 saturated carbocycles. The molecule has 0 aliphatic rings. The highest BCUT2D eigenvalue weighted by Gasteiger charge is 2.32. The molecule has 206 valence electrons. The number of nitrogens with zero attached hydrogens (tertiary/aromatic N) is 1. The zero-order chi connectivity index (χ0) is 28.1. The van der Waals surface area contributed by atoms with Gasteiger partial charge in [0.15, 0.2) is 5.96 Å². The van der Waals surface area contributed by atoms with Crippen LogP contribution in [0.3, 0.4) is 0 Å². The van der Waals surface area contributed by atoms with E-state index in [9.17, 15) is 24.3 Å². The molecule has 4 unspecified atom stereocenters. The first-order chi connectivity index (χ1) is 17.3. The molecule has 0 aliphatic carbocycles. The number of carboxylic acids is 1. The van der Waals surface area contributed by atoms with E-state index in [0.717, 1.165) is 5.56 Å². The maximum atomic E-state index is 13.2. The molecule has 37 heavy (non-hydrogen) atoms. The third-order valence-electron chi connectivity index (χ3n) is 5.70. The summed E-state index contributed by atoms with van der Waals surface area (Å²) in [7, 11) is 0. The number of hydrogen-bond donors (Lipinski definition) is 7. The standard InChI is InChI=1S/C25H41N7O5/c1-14(2)19(31-21(33)17(26)11-8-12-29-25(27)28)23(35)30-18(13-16-9-6-5-7-10-16)22(34)32-20(15(3)4)24(36)37/h5-7,9-10,14-15,17-20H,8,11-13,26H2,1-4H3,(H,30,35)(H,31,33)(H,32,34)(H,36,37)(H4,27,28,29). The van der Waals surface area contributed by atoms with Crippen molar-refractivity contribution in [2.75, 3.05) is 6.54 Å². The van der Waals surface area contributed by atoms with Gasteiger partial charge in [0, 0.05) is 13.0 Å². The Kier molecular flexibility index (Phi) is 13.1. The van der Waals surface area contributed by atoms with Crippen molar-refractivity contribution in [3.05, 3.63) is 35.9 Å². The highest BCUT2D eigenvalue weighted by Crippen LogP contribution is 2.09. The molecule has 0 fully saturated rings. The Bertz CT molecular complexity index is 933. The Labute approximate surface area is 217 Å². The summed E-state index contributed by atoms with van der Waals surface area (Å²) in [6.45, 7) is 7.17. The smallest absolute Gasteiger partial charge is 0.326 e. The van der Waals surface area contributed by atoms with Crippen LogP contribution in [0.4, 0.5) is 0 Å². The minimum Gasteiger partial charge on any atom is -0.480 e. The number of guanidine groups is 1. The summed E-state index contributed by atoms with van der Waals surface area (Å²) in [5, 5.41) is 17.4. The summed E-state index contributed by atoms with van der Waals surface area (Å²) in [5.74, 6) is -3.65. The van der Waals surface area contributed by atoms with Crippen LogP contribution in [0.25, 0.3) is 0 Å². The maximum absolute atomic E-state index is 13.2. The number of aliphatic carboxylic acids is 1. The van der Waals surface area contributed by atoms with Gasteiger partial charge in [-0.25, -0.2) is 4.79 Å². The van der Waals surface area contributed by atoms with Crippen LogP contribution in [0, 0.1) is 11.8 Å². The predicted octanol–water partition coefficient (Wildman–Crippen LogP) is -0.539. The lowest BCUT2D eigenvalue weighted by molar-refractivity contribution is -0.143. The Hall–Kier alpha value is -3.67. The lowest BCUT2D eigenvalue weighted by Crippen LogP contribution is -2.59. The first kappa shape index (κ1) is 31.4. The number of hydrogen-bond acceptors (Lipinski definition) is 6. The lowest BCUT2D eigenvalue weighted by atomic mass is 9.99. The second-order valence-corrected chi connectivity index (χ2v) is 9.60. The molecule has 1 aromatic rings. The van der Waals surface area contributed by atoms with E-state index in [1.165, 1.54) is 0 Å². The first-order valence-corrected chi connectivity index (χ1v) is 12.3. The molecule has 1 aromatic carbocycles. The van der Waals surface area contributed by atoms with Crippen LogP contribution in [0.1, 0.15) is 46.1 Å². The summed E-state index contributed by atoms with van der Waals surface area (Å²) < 4.78 is 0. The fourth-order valence-electron chi connectivity index (χ4n) is 3.53. The number of rotatable bonds is 15. The molecule has 0 saturated heterocycles. The van der Waals surface area contributed by atoms with Crippen LogP contribution in [0.5, 0.6) is 0 Å². The van der Waals surface area contributed by atoms with Crippen LogP contribution >= 0.6 is 0 Å². The number of carbonyl (C=O) groups is 4. The number of nitrogens with two attached hydrogens (primary N) is 3. The molecule has 10 N–H and O–H groups in total. The van der Waals surface area contributed by atoms with E-state index >= 15 is 0 Å². The van der Waals surface area contributed by atoms with E-state index in [1.807, 2.05) is 6.07 Å². The number of benzene rings is 1. The molecule has 0 spiro atoms. The van der Waals surface area contributed by atoms with Gasteiger partial charge >= 0.3 is 5.97 Å². The van der Waals surface area contributed by atoms with Crippen LogP contribution in [-0.2, 0) is 25.6 Å². The minimum atomic E-state index is -1.17. The van der Waals surface area contributed by atoms with Crippen molar-refractivity contribution < 1.29 is 24.3 Å². The summed E-state index contributed by atoms with van der Waals surface area (Å²) in [4.78, 5) is 54.4. The topological polar surface area (TPSA) is 215 Å². The molecular weight excluding hydrogens is 478 g/mol. The fraction of sp³-hybridized carbons (Fsp3) is 0.560. The van der Waals surface area contributed by atoms with E-state index in [1.54, 1.807) is 52.0 Å². The summed E-state index contributed by atoms with van der Waals surface area (Å²) in [6, 6.07) is 4.97. The average Bonchev–Trinajstić information content (AvgIpc) is 2.82. The van der Waals surface area contributed by atoms with Crippen molar-refractivity contribution in [1.82, 2.24) is 16.0 Å². The van der Waals surface area contributed by atoms with Gasteiger partial charge in [0.25, 0.3) is 0 Å². The lowest BCUT2D eigenvalue weighted by Gasteiger charge is -2.27. The van der Waals surface area contributed by atoms with Gasteiger partial charge in [-0.2, -0.15) is 0 Å². The molecule has 0 heterocycles. The molecule has 12 nitrogen and oxygen atoms in total. The third kappa shape index (κ3) is 11.3. The number of aliphatic imine (C=N–C) groups is 1. The Balaban J connectivity index is 2.99. The molecule has 1 rings (SSSR count). The van der Waals surface area contributed by atoms with Crippen molar-refractivity contribution in [3.8, 4) is 0 Å². The van der Waals surface area contributed by atoms with Crippen LogP contribution in [0.15, 0.2) is 35.3 Å². The minimum absolute atomic E-state index is 0.0493. The zero-order valence-corrected chi connectivity index (χ0v) is 21.9. The first-order valence-electron chi connectivity index (χ1n) is 12.3. The molecular formula is C25H41N7O5. The van der Waals surface area contributed by atoms with Crippen molar-refractivity contribution in [2.24, 2.45) is 34.0 Å². The molecule has 0 radical (unpaired) electrons. The summed E-state index contributed by atoms with van der Waals surface area (Å²) >= 11 is 0. The number of nitrogens with one attached hydrogen (secondary N) is 3. The van der Waals surface area contributed by atoms with E-state index in [4.69, 9.17) is 17.2 Å². The van der Waals surface area contributed by atoms with Crippen molar-refractivity contribution in [1.29, 1.82) is 0 Å². The van der Waals surface area contributed by atoms with Gasteiger partial charge in [-0.05, 0) is 30.2 Å². The molecule has 0 aromatic heterocycles. The molecule has 0 aliphatic heterocycles. The normalized spacial score (nSPS) is 14.2. The monoisotopic (exact) mass is 519 g/mol. The maximum Gasteiger partial charge on any atom is 0.326 e. The fourth-order valence-corrected chi connectivity index (χ4v) is 3.53. The molecule has 4 atom stereocenters. The second kappa shape index (κ2) is 15.4. The van der Waals surface area contributed by atoms with Crippen molar-refractivity contribution >= 4 is 29.7 Å². The van der Waals surface area contributed by atoms with Gasteiger partial charge in [0.2, 0.25) is 17.7 Å². The second-order valence-electron chi connectivity index (χ2n) is 9.60. The number of carboxylic acid groups (broad SMARTS) is 1. The van der Waals surface area contributed by atoms with Crippen LogP contribution in [-0.4, -0.2) is 65.5 Å². The molecule has 0 bridgehead atoms. The van der Waals surface area contributed by atoms with Gasteiger partial charge in [0.1, 0.15) is 18.1 Å². The van der Waals surface area contributed by atoms with Crippen molar-refractivity contribution in [2.45, 2.75) is 71.1 Å². The van der Waals surface area contributed by atoms with Crippen LogP contribution in [0.2, 0.25) is 0 Å². The Morgan fingerprint density at radius 1 is 0.865 bits per heavy atom. The van der Waals surface area contributed by atoms with Crippen LogP contribution < -0.4 is 33.2 Å². The number of carbonyl (C=O) groups excluding carboxylic acids is 3. The van der Waals surface area contributed by atoms with E-state index in [0.29, 0.717) is 19.4 Å². The Morgan fingerprint density at radius 2 is 1.43 bits per heavy atom. The number of amides is 3. The molecule has 3 amide bonds. The highest BCUT2D eigenvalue weighted by molar-refractivity contribution is 5.94.